The molecule has 1 atom stereocenters. The van der Waals surface area contributed by atoms with Crippen molar-refractivity contribution in [2.45, 2.75) is 37.9 Å². The van der Waals surface area contributed by atoms with Crippen molar-refractivity contribution >= 4 is 22.8 Å². The van der Waals surface area contributed by atoms with Crippen LogP contribution in [-0.2, 0) is 9.53 Å². The van der Waals surface area contributed by atoms with Crippen molar-refractivity contribution in [1.82, 2.24) is 0 Å². The molecule has 0 aliphatic heterocycles. The Balaban J connectivity index is 2.33. The van der Waals surface area contributed by atoms with E-state index < -0.39 is 0 Å². The Morgan fingerprint density at radius 1 is 1.62 bits per heavy atom. The number of ether oxygens (including phenoxy) is 1. The van der Waals surface area contributed by atoms with Gasteiger partial charge in [-0.2, -0.15) is 0 Å². The quantitative estimate of drug-likeness (QED) is 0.645. The van der Waals surface area contributed by atoms with E-state index in [2.05, 4.69) is 0 Å². The fourth-order valence-electron chi connectivity index (χ4n) is 1.34. The summed E-state index contributed by atoms with van der Waals surface area (Å²) in [6.45, 7) is 2.15. The molecular formula is C9H14O3S. The lowest BCUT2D eigenvalue weighted by Crippen LogP contribution is -2.23. The first kappa shape index (κ1) is 10.6. The summed E-state index contributed by atoms with van der Waals surface area (Å²) in [7, 11) is 0. The second-order valence-electron chi connectivity index (χ2n) is 3.00. The summed E-state index contributed by atoms with van der Waals surface area (Å²) in [6.07, 6.45) is 3.46. The van der Waals surface area contributed by atoms with E-state index >= 15 is 0 Å². The molecule has 0 N–H and O–H groups in total. The van der Waals surface area contributed by atoms with Crippen LogP contribution in [0.25, 0.3) is 0 Å². The van der Waals surface area contributed by atoms with Crippen LogP contribution in [0.3, 0.4) is 0 Å². The van der Waals surface area contributed by atoms with Gasteiger partial charge < -0.3 is 4.74 Å². The van der Waals surface area contributed by atoms with Gasteiger partial charge in [0.15, 0.2) is 0 Å². The normalized spacial score (nSPS) is 22.8. The molecule has 3 nitrogen and oxygen atoms in total. The van der Waals surface area contributed by atoms with E-state index in [4.69, 9.17) is 4.74 Å². The first-order valence-corrected chi connectivity index (χ1v) is 5.48. The van der Waals surface area contributed by atoms with Gasteiger partial charge in [0.05, 0.1) is 11.9 Å². The van der Waals surface area contributed by atoms with E-state index in [0.29, 0.717) is 13.0 Å². The lowest BCUT2D eigenvalue weighted by molar-refractivity contribution is -0.119. The highest BCUT2D eigenvalue weighted by atomic mass is 32.2. The van der Waals surface area contributed by atoms with E-state index in [1.165, 1.54) is 0 Å². The third-order valence-electron chi connectivity index (χ3n) is 2.00. The molecule has 0 saturated heterocycles. The second kappa shape index (κ2) is 5.27. The molecule has 74 valence electrons. The summed E-state index contributed by atoms with van der Waals surface area (Å²) in [5, 5.41) is -0.462. The topological polar surface area (TPSA) is 43.4 Å². The van der Waals surface area contributed by atoms with Crippen LogP contribution in [0.5, 0.6) is 0 Å². The molecule has 1 unspecified atom stereocenters. The lowest BCUT2D eigenvalue weighted by atomic mass is 9.99. The third-order valence-corrected chi connectivity index (χ3v) is 3.09. The molecule has 1 saturated carbocycles. The summed E-state index contributed by atoms with van der Waals surface area (Å²) in [6, 6.07) is 0. The van der Waals surface area contributed by atoms with Gasteiger partial charge in [-0.1, -0.05) is 6.42 Å². The van der Waals surface area contributed by atoms with Gasteiger partial charge in [-0.3, -0.25) is 4.79 Å². The summed E-state index contributed by atoms with van der Waals surface area (Å²) < 4.78 is 4.76. The Morgan fingerprint density at radius 3 is 3.00 bits per heavy atom. The molecule has 4 heteroatoms. The number of rotatable bonds is 2. The minimum atomic E-state index is -0.317. The molecule has 0 aromatic heterocycles. The maximum atomic E-state index is 11.3. The molecule has 0 aromatic carbocycles. The fourth-order valence-corrected chi connectivity index (χ4v) is 2.30. The standard InChI is InChI=1S/C9H14O3S/c1-2-12-9(11)13-8-6-4-3-5-7(8)10/h8H,2-6H2,1H3. The largest absolute Gasteiger partial charge is 0.458 e. The molecular weight excluding hydrogens is 188 g/mol. The molecule has 0 heterocycles. The van der Waals surface area contributed by atoms with Gasteiger partial charge >= 0.3 is 5.30 Å². The van der Waals surface area contributed by atoms with E-state index in [9.17, 15) is 9.59 Å². The molecule has 0 bridgehead atoms. The van der Waals surface area contributed by atoms with Crippen LogP contribution in [0, 0.1) is 0 Å². The van der Waals surface area contributed by atoms with Gasteiger partial charge in [0.25, 0.3) is 0 Å². The summed E-state index contributed by atoms with van der Waals surface area (Å²) in [5.41, 5.74) is 0. The van der Waals surface area contributed by atoms with Crippen LogP contribution in [0.15, 0.2) is 0 Å². The van der Waals surface area contributed by atoms with E-state index in [1.807, 2.05) is 0 Å². The Morgan fingerprint density at radius 2 is 2.38 bits per heavy atom. The third kappa shape index (κ3) is 3.38. The van der Waals surface area contributed by atoms with Gasteiger partial charge in [0.2, 0.25) is 0 Å². The number of ketones is 1. The monoisotopic (exact) mass is 202 g/mol. The van der Waals surface area contributed by atoms with Crippen molar-refractivity contribution in [1.29, 1.82) is 0 Å². The summed E-state index contributed by atoms with van der Waals surface area (Å²) in [5.74, 6) is 0.198. The summed E-state index contributed by atoms with van der Waals surface area (Å²) >= 11 is 1.04. The SMILES string of the molecule is CCOC(=O)SC1CCCCC1=O. The Labute approximate surface area is 82.2 Å². The van der Waals surface area contributed by atoms with Gasteiger partial charge in [-0.05, 0) is 31.5 Å². The van der Waals surface area contributed by atoms with Crippen molar-refractivity contribution in [3.63, 3.8) is 0 Å². The highest BCUT2D eigenvalue weighted by molar-refractivity contribution is 8.14. The van der Waals surface area contributed by atoms with Gasteiger partial charge in [-0.15, -0.1) is 0 Å². The second-order valence-corrected chi connectivity index (χ2v) is 4.14. The molecule has 0 amide bonds. The molecule has 1 rings (SSSR count). The Hall–Kier alpha value is -0.510. The minimum Gasteiger partial charge on any atom is -0.458 e. The first-order chi connectivity index (χ1) is 6.24. The number of thioether (sulfide) groups is 1. The smallest absolute Gasteiger partial charge is 0.367 e. The van der Waals surface area contributed by atoms with Crippen molar-refractivity contribution in [2.24, 2.45) is 0 Å². The predicted molar refractivity (Wildman–Crippen MR) is 51.9 cm³/mol. The van der Waals surface area contributed by atoms with Crippen LogP contribution in [0.4, 0.5) is 4.79 Å². The average molecular weight is 202 g/mol. The molecule has 1 aliphatic rings. The Kier molecular flexibility index (Phi) is 4.28. The van der Waals surface area contributed by atoms with Crippen molar-refractivity contribution in [3.8, 4) is 0 Å². The van der Waals surface area contributed by atoms with Crippen LogP contribution < -0.4 is 0 Å². The number of hydrogen-bond acceptors (Lipinski definition) is 4. The van der Waals surface area contributed by atoms with Crippen LogP contribution >= 0.6 is 11.8 Å². The maximum Gasteiger partial charge on any atom is 0.367 e. The van der Waals surface area contributed by atoms with E-state index in [0.717, 1.165) is 31.0 Å². The highest BCUT2D eigenvalue weighted by Crippen LogP contribution is 2.26. The van der Waals surface area contributed by atoms with Crippen molar-refractivity contribution < 1.29 is 14.3 Å². The minimum absolute atomic E-state index is 0.146. The van der Waals surface area contributed by atoms with Crippen LogP contribution in [-0.4, -0.2) is 22.9 Å². The fraction of sp³-hybridized carbons (Fsp3) is 0.778. The number of carbonyl (C=O) groups is 2. The molecule has 0 aromatic rings. The number of Topliss-reactive ketones (excluding diaryl/α,β-unsaturated/α-hetero) is 1. The van der Waals surface area contributed by atoms with Gasteiger partial charge in [0.1, 0.15) is 5.78 Å². The van der Waals surface area contributed by atoms with Crippen molar-refractivity contribution in [2.75, 3.05) is 6.61 Å². The Bertz CT molecular complexity index is 203. The number of hydrogen-bond donors (Lipinski definition) is 0. The molecule has 0 radical (unpaired) electrons. The zero-order chi connectivity index (χ0) is 9.68. The maximum absolute atomic E-state index is 11.3. The van der Waals surface area contributed by atoms with Crippen molar-refractivity contribution in [3.05, 3.63) is 0 Å². The van der Waals surface area contributed by atoms with Crippen LogP contribution in [0.1, 0.15) is 32.6 Å². The van der Waals surface area contributed by atoms with Gasteiger partial charge in [-0.25, -0.2) is 4.79 Å². The average Bonchev–Trinajstić information content (AvgIpc) is 2.09. The molecule has 1 fully saturated rings. The lowest BCUT2D eigenvalue weighted by Gasteiger charge is -2.18. The summed E-state index contributed by atoms with van der Waals surface area (Å²) in [4.78, 5) is 22.4. The highest BCUT2D eigenvalue weighted by Gasteiger charge is 2.25. The van der Waals surface area contributed by atoms with Gasteiger partial charge in [0, 0.05) is 6.42 Å². The molecule has 1 aliphatic carbocycles. The van der Waals surface area contributed by atoms with E-state index in [1.54, 1.807) is 6.92 Å². The predicted octanol–water partition coefficient (Wildman–Crippen LogP) is 2.39. The number of carbonyl (C=O) groups excluding carboxylic acids is 2. The zero-order valence-electron chi connectivity index (χ0n) is 7.75. The molecule has 13 heavy (non-hydrogen) atoms. The molecule has 0 spiro atoms. The zero-order valence-corrected chi connectivity index (χ0v) is 8.56. The van der Waals surface area contributed by atoms with E-state index in [-0.39, 0.29) is 16.3 Å². The van der Waals surface area contributed by atoms with Crippen LogP contribution in [0.2, 0.25) is 0 Å². The first-order valence-electron chi connectivity index (χ1n) is 4.60.